The van der Waals surface area contributed by atoms with Crippen molar-refractivity contribution < 1.29 is 36.6 Å². The lowest BCUT2D eigenvalue weighted by Gasteiger charge is -2.33. The molecule has 0 fully saturated rings. The number of aromatic nitrogens is 3. The van der Waals surface area contributed by atoms with Gasteiger partial charge in [0.05, 0.1) is 35.2 Å². The van der Waals surface area contributed by atoms with Crippen LogP contribution in [0.5, 0.6) is 5.75 Å². The Balaban J connectivity index is 1.71. The van der Waals surface area contributed by atoms with Crippen molar-refractivity contribution in [3.8, 4) is 11.4 Å². The van der Waals surface area contributed by atoms with Gasteiger partial charge in [0, 0.05) is 25.5 Å². The summed E-state index contributed by atoms with van der Waals surface area (Å²) in [5, 5.41) is 2.96. The lowest BCUT2D eigenvalue weighted by atomic mass is 10.0. The predicted octanol–water partition coefficient (Wildman–Crippen LogP) is 7.17. The fraction of sp³-hybridized carbons (Fsp3) is 0.289. The van der Waals surface area contributed by atoms with Crippen molar-refractivity contribution in [2.75, 3.05) is 13.2 Å². The number of alkyl halides is 3. The summed E-state index contributed by atoms with van der Waals surface area (Å²) in [4.78, 5) is 52.1. The van der Waals surface area contributed by atoms with Crippen LogP contribution in [0.15, 0.2) is 96.1 Å². The highest BCUT2D eigenvalue weighted by Crippen LogP contribution is 2.33. The molecule has 1 N–H and O–H groups in total. The van der Waals surface area contributed by atoms with Gasteiger partial charge in [-0.3, -0.25) is 19.1 Å². The van der Waals surface area contributed by atoms with Crippen LogP contribution in [-0.4, -0.2) is 50.2 Å². The van der Waals surface area contributed by atoms with Gasteiger partial charge in [-0.1, -0.05) is 24.3 Å². The average molecular weight is 720 g/mol. The molecule has 2 aromatic heterocycles. The number of fused-ring (bicyclic) bond motifs is 1. The number of pyridine rings is 1. The molecule has 2 heterocycles. The van der Waals surface area contributed by atoms with Gasteiger partial charge in [-0.2, -0.15) is 13.2 Å². The summed E-state index contributed by atoms with van der Waals surface area (Å²) in [6.45, 7) is 6.77. The molecule has 1 unspecified atom stereocenters. The Labute approximate surface area is 297 Å². The standard InChI is InChI=1S/C38H37F4N5O5/c1-5-51-27-15-13-26(14-16-27)47-34(45-31-11-7-6-10-28(31)35(47)49)32(22-44-36(50)52-37(2,3)4)46(23-25-9-8-18-43-21-25)33(48)20-24-12-17-30(39)29(19-24)38(40,41)42/h6-19,21,32H,5,20,22-23H2,1-4H3,(H,44,50). The number of nitrogens with one attached hydrogen (secondary N) is 1. The van der Waals surface area contributed by atoms with Crippen molar-refractivity contribution in [3.05, 3.63) is 130 Å². The molecule has 5 rings (SSSR count). The summed E-state index contributed by atoms with van der Waals surface area (Å²) in [6.07, 6.45) is -3.38. The summed E-state index contributed by atoms with van der Waals surface area (Å²) in [6, 6.07) is 17.7. The summed E-state index contributed by atoms with van der Waals surface area (Å²) in [5.74, 6) is -1.60. The Morgan fingerprint density at radius 2 is 1.69 bits per heavy atom. The van der Waals surface area contributed by atoms with Crippen molar-refractivity contribution in [2.24, 2.45) is 0 Å². The monoisotopic (exact) mass is 719 g/mol. The average Bonchev–Trinajstić information content (AvgIpc) is 3.08. The summed E-state index contributed by atoms with van der Waals surface area (Å²) in [5.41, 5.74) is -1.78. The molecule has 0 aliphatic rings. The fourth-order valence-corrected chi connectivity index (χ4v) is 5.55. The quantitative estimate of drug-likeness (QED) is 0.144. The van der Waals surface area contributed by atoms with E-state index in [1.807, 2.05) is 6.92 Å². The highest BCUT2D eigenvalue weighted by Gasteiger charge is 2.36. The molecule has 0 aliphatic carbocycles. The van der Waals surface area contributed by atoms with E-state index < -0.39 is 53.2 Å². The Kier molecular flexibility index (Phi) is 11.3. The van der Waals surface area contributed by atoms with Gasteiger partial charge >= 0.3 is 12.3 Å². The van der Waals surface area contributed by atoms with Crippen LogP contribution < -0.4 is 15.6 Å². The van der Waals surface area contributed by atoms with Crippen molar-refractivity contribution >= 4 is 22.9 Å². The van der Waals surface area contributed by atoms with Gasteiger partial charge in [-0.25, -0.2) is 14.2 Å². The third kappa shape index (κ3) is 9.11. The summed E-state index contributed by atoms with van der Waals surface area (Å²) < 4.78 is 67.5. The first-order chi connectivity index (χ1) is 24.6. The summed E-state index contributed by atoms with van der Waals surface area (Å²) >= 11 is 0. The van der Waals surface area contributed by atoms with Gasteiger partial charge in [0.25, 0.3) is 5.56 Å². The maximum absolute atomic E-state index is 14.4. The van der Waals surface area contributed by atoms with Crippen molar-refractivity contribution in [1.29, 1.82) is 0 Å². The molecule has 3 aromatic carbocycles. The Morgan fingerprint density at radius 3 is 2.35 bits per heavy atom. The van der Waals surface area contributed by atoms with E-state index in [-0.39, 0.29) is 29.9 Å². The number of ether oxygens (including phenoxy) is 2. The molecular weight excluding hydrogens is 682 g/mol. The Morgan fingerprint density at radius 1 is 0.962 bits per heavy atom. The SMILES string of the molecule is CCOc1ccc(-n2c(C(CNC(=O)OC(C)(C)C)N(Cc3cccnc3)C(=O)Cc3ccc(F)c(C(F)(F)F)c3)nc3ccccc3c2=O)cc1. The van der Waals surface area contributed by atoms with E-state index in [0.29, 0.717) is 41.3 Å². The van der Waals surface area contributed by atoms with E-state index in [4.69, 9.17) is 14.5 Å². The van der Waals surface area contributed by atoms with E-state index in [9.17, 15) is 31.9 Å². The molecule has 0 saturated carbocycles. The number of hydrogen-bond acceptors (Lipinski definition) is 7. The van der Waals surface area contributed by atoms with E-state index in [0.717, 1.165) is 6.07 Å². The van der Waals surface area contributed by atoms with E-state index in [2.05, 4.69) is 10.3 Å². The number of nitrogens with zero attached hydrogens (tertiary/aromatic N) is 4. The fourth-order valence-electron chi connectivity index (χ4n) is 5.55. The van der Waals surface area contributed by atoms with E-state index >= 15 is 0 Å². The minimum Gasteiger partial charge on any atom is -0.494 e. The maximum Gasteiger partial charge on any atom is 0.419 e. The lowest BCUT2D eigenvalue weighted by molar-refractivity contribution is -0.140. The third-order valence-corrected chi connectivity index (χ3v) is 7.81. The first kappa shape index (κ1) is 37.5. The molecule has 1 atom stereocenters. The van der Waals surface area contributed by atoms with E-state index in [1.54, 1.807) is 81.4 Å². The second kappa shape index (κ2) is 15.6. The van der Waals surface area contributed by atoms with Crippen LogP contribution in [0.2, 0.25) is 0 Å². The van der Waals surface area contributed by atoms with Crippen LogP contribution in [0.1, 0.15) is 56.3 Å². The van der Waals surface area contributed by atoms with Crippen LogP contribution in [0, 0.1) is 5.82 Å². The Hall–Kier alpha value is -5.79. The molecule has 0 spiro atoms. The van der Waals surface area contributed by atoms with Gasteiger partial charge in [0.1, 0.15) is 29.0 Å². The number of benzene rings is 3. The smallest absolute Gasteiger partial charge is 0.419 e. The molecule has 0 radical (unpaired) electrons. The zero-order valence-electron chi connectivity index (χ0n) is 28.9. The number of carbonyl (C=O) groups excluding carboxylic acids is 2. The van der Waals surface area contributed by atoms with Crippen molar-refractivity contribution in [3.63, 3.8) is 0 Å². The Bertz CT molecular complexity index is 2100. The number of hydrogen-bond donors (Lipinski definition) is 1. The minimum atomic E-state index is -5.00. The largest absolute Gasteiger partial charge is 0.494 e. The minimum absolute atomic E-state index is 0.0382. The molecule has 272 valence electrons. The highest BCUT2D eigenvalue weighted by atomic mass is 19.4. The normalized spacial score (nSPS) is 12.3. The third-order valence-electron chi connectivity index (χ3n) is 7.81. The van der Waals surface area contributed by atoms with E-state index in [1.165, 1.54) is 21.9 Å². The van der Waals surface area contributed by atoms with Gasteiger partial charge in [0.15, 0.2) is 0 Å². The van der Waals surface area contributed by atoms with Crippen molar-refractivity contribution in [2.45, 2.75) is 58.5 Å². The molecule has 0 aliphatic heterocycles. The summed E-state index contributed by atoms with van der Waals surface area (Å²) in [7, 11) is 0. The molecule has 0 saturated heterocycles. The topological polar surface area (TPSA) is 116 Å². The van der Waals surface area contributed by atoms with Gasteiger partial charge in [-0.05, 0) is 93.4 Å². The molecule has 52 heavy (non-hydrogen) atoms. The zero-order chi connectivity index (χ0) is 37.6. The van der Waals surface area contributed by atoms with Crippen molar-refractivity contribution in [1.82, 2.24) is 24.8 Å². The maximum atomic E-state index is 14.4. The second-order valence-electron chi connectivity index (χ2n) is 12.8. The molecule has 5 aromatic rings. The van der Waals surface area contributed by atoms with Gasteiger partial charge < -0.3 is 19.7 Å². The number of amides is 2. The van der Waals surface area contributed by atoms with Crippen LogP contribution in [0.25, 0.3) is 16.6 Å². The van der Waals surface area contributed by atoms with Gasteiger partial charge in [-0.15, -0.1) is 0 Å². The van der Waals surface area contributed by atoms with Crippen LogP contribution in [-0.2, 0) is 28.7 Å². The zero-order valence-corrected chi connectivity index (χ0v) is 28.9. The molecule has 14 heteroatoms. The highest BCUT2D eigenvalue weighted by molar-refractivity contribution is 5.80. The number of halogens is 4. The van der Waals surface area contributed by atoms with Crippen LogP contribution in [0.4, 0.5) is 22.4 Å². The van der Waals surface area contributed by atoms with Crippen LogP contribution in [0.3, 0.4) is 0 Å². The molecule has 0 bridgehead atoms. The number of alkyl carbamates (subject to hydrolysis) is 1. The molecule has 10 nitrogen and oxygen atoms in total. The number of carbonyl (C=O) groups is 2. The number of para-hydroxylation sites is 1. The van der Waals surface area contributed by atoms with Crippen LogP contribution >= 0.6 is 0 Å². The molecular formula is C38H37F4N5O5. The first-order valence-electron chi connectivity index (χ1n) is 16.4. The molecule has 2 amide bonds. The van der Waals surface area contributed by atoms with Gasteiger partial charge in [0.2, 0.25) is 5.91 Å². The predicted molar refractivity (Wildman–Crippen MR) is 185 cm³/mol. The second-order valence-corrected chi connectivity index (χ2v) is 12.8. The lowest BCUT2D eigenvalue weighted by Crippen LogP contribution is -2.45. The first-order valence-corrected chi connectivity index (χ1v) is 16.4. The number of rotatable bonds is 11.